The summed E-state index contributed by atoms with van der Waals surface area (Å²) in [6.07, 6.45) is 5.68. The smallest absolute Gasteiger partial charge is 0.243 e. The molecule has 0 radical (unpaired) electrons. The van der Waals surface area contributed by atoms with Gasteiger partial charge in [-0.2, -0.15) is 5.10 Å². The number of carbonyl (C=O) groups is 2. The first-order chi connectivity index (χ1) is 15.9. The number of aliphatic hydroxyl groups is 1. The fraction of sp³-hybridized carbons (Fsp3) is 0.560. The summed E-state index contributed by atoms with van der Waals surface area (Å²) in [7, 11) is 3.71. The molecule has 2 aromatic rings. The Hall–Kier alpha value is -2.71. The molecule has 2 amide bonds. The highest BCUT2D eigenvalue weighted by Crippen LogP contribution is 2.30. The molecule has 1 saturated heterocycles. The molecule has 178 valence electrons. The van der Waals surface area contributed by atoms with E-state index >= 15 is 0 Å². The largest absolute Gasteiger partial charge is 0.391 e. The van der Waals surface area contributed by atoms with Crippen LogP contribution in [0.2, 0.25) is 0 Å². The number of hydrogen-bond donors (Lipinski definition) is 3. The Kier molecular flexibility index (Phi) is 7.14. The second kappa shape index (κ2) is 10.1. The number of hydrogen-bond acceptors (Lipinski definition) is 5. The Bertz CT molecular complexity index is 967. The normalized spacial score (nSPS) is 23.0. The number of benzene rings is 1. The van der Waals surface area contributed by atoms with E-state index in [0.717, 1.165) is 42.5 Å². The van der Waals surface area contributed by atoms with E-state index in [1.54, 1.807) is 18.1 Å². The Balaban J connectivity index is 1.42. The van der Waals surface area contributed by atoms with Crippen LogP contribution in [0.4, 0.5) is 0 Å². The number of aliphatic hydroxyl groups excluding tert-OH is 1. The Morgan fingerprint density at radius 2 is 1.85 bits per heavy atom. The van der Waals surface area contributed by atoms with Crippen LogP contribution in [-0.2, 0) is 16.6 Å². The second-order valence-corrected chi connectivity index (χ2v) is 9.40. The van der Waals surface area contributed by atoms with Gasteiger partial charge in [-0.1, -0.05) is 37.1 Å². The fourth-order valence-electron chi connectivity index (χ4n) is 5.33. The zero-order chi connectivity index (χ0) is 23.5. The minimum Gasteiger partial charge on any atom is -0.391 e. The molecule has 4 atom stereocenters. The predicted molar refractivity (Wildman–Crippen MR) is 126 cm³/mol. The molecular formula is C25H35N5O3. The number of aryl methyl sites for hydroxylation is 1. The molecule has 1 unspecified atom stereocenters. The summed E-state index contributed by atoms with van der Waals surface area (Å²) in [5.41, 5.74) is 3.05. The van der Waals surface area contributed by atoms with Crippen LogP contribution in [0.25, 0.3) is 11.3 Å². The molecule has 33 heavy (non-hydrogen) atoms. The summed E-state index contributed by atoms with van der Waals surface area (Å²) >= 11 is 0. The van der Waals surface area contributed by atoms with Gasteiger partial charge in [-0.25, -0.2) is 0 Å². The molecule has 1 saturated carbocycles. The maximum absolute atomic E-state index is 13.3. The minimum atomic E-state index is -0.681. The van der Waals surface area contributed by atoms with Crippen molar-refractivity contribution in [2.75, 3.05) is 13.6 Å². The van der Waals surface area contributed by atoms with Gasteiger partial charge in [-0.15, -0.1) is 0 Å². The van der Waals surface area contributed by atoms with Crippen molar-refractivity contribution in [1.82, 2.24) is 25.3 Å². The molecule has 1 aromatic heterocycles. The van der Waals surface area contributed by atoms with Crippen LogP contribution in [0.5, 0.6) is 0 Å². The molecule has 8 heteroatoms. The van der Waals surface area contributed by atoms with E-state index in [9.17, 15) is 14.7 Å². The molecule has 3 N–H and O–H groups in total. The van der Waals surface area contributed by atoms with Crippen molar-refractivity contribution in [3.63, 3.8) is 0 Å². The third kappa shape index (κ3) is 4.96. The van der Waals surface area contributed by atoms with Crippen molar-refractivity contribution in [2.45, 2.75) is 63.3 Å². The summed E-state index contributed by atoms with van der Waals surface area (Å²) in [5.74, 6) is -0.000474. The average Bonchev–Trinajstić information content (AvgIpc) is 3.56. The van der Waals surface area contributed by atoms with Crippen LogP contribution in [0.3, 0.4) is 0 Å². The lowest BCUT2D eigenvalue weighted by Gasteiger charge is -2.31. The van der Waals surface area contributed by atoms with Crippen molar-refractivity contribution >= 4 is 11.8 Å². The number of carbonyl (C=O) groups excluding carboxylic acids is 2. The van der Waals surface area contributed by atoms with E-state index in [-0.39, 0.29) is 36.9 Å². The number of nitrogens with zero attached hydrogens (tertiary/aromatic N) is 3. The zero-order valence-electron chi connectivity index (χ0n) is 19.7. The monoisotopic (exact) mass is 453 g/mol. The number of likely N-dealkylation sites (tertiary alicyclic amines) is 1. The molecule has 0 bridgehead atoms. The topological polar surface area (TPSA) is 99.5 Å². The molecule has 4 rings (SSSR count). The van der Waals surface area contributed by atoms with Crippen molar-refractivity contribution in [3.8, 4) is 11.3 Å². The highest BCUT2D eigenvalue weighted by Gasteiger charge is 2.43. The molecule has 1 aromatic carbocycles. The first-order valence-corrected chi connectivity index (χ1v) is 11.9. The summed E-state index contributed by atoms with van der Waals surface area (Å²) in [4.78, 5) is 28.1. The minimum absolute atomic E-state index is 0.0747. The lowest BCUT2D eigenvalue weighted by atomic mass is 9.96. The number of β-amino-alcohol motifs (C(OH)–C–C–N with tert-alkyl or cyclic N) is 1. The molecule has 8 nitrogen and oxygen atoms in total. The highest BCUT2D eigenvalue weighted by atomic mass is 16.3. The Labute approximate surface area is 195 Å². The van der Waals surface area contributed by atoms with Gasteiger partial charge in [-0.05, 0) is 49.9 Å². The van der Waals surface area contributed by atoms with E-state index in [1.807, 2.05) is 49.0 Å². The third-order valence-electron chi connectivity index (χ3n) is 7.20. The van der Waals surface area contributed by atoms with Crippen LogP contribution in [0, 0.1) is 5.92 Å². The lowest BCUT2D eigenvalue weighted by Crippen LogP contribution is -2.54. The summed E-state index contributed by atoms with van der Waals surface area (Å²) < 4.78 is 1.82. The van der Waals surface area contributed by atoms with Gasteiger partial charge in [0.15, 0.2) is 0 Å². The van der Waals surface area contributed by atoms with Gasteiger partial charge in [0, 0.05) is 26.2 Å². The summed E-state index contributed by atoms with van der Waals surface area (Å²) in [6, 6.07) is 8.82. The van der Waals surface area contributed by atoms with Crippen molar-refractivity contribution < 1.29 is 14.7 Å². The van der Waals surface area contributed by atoms with Crippen LogP contribution in [0.15, 0.2) is 36.5 Å². The standard InChI is InChI=1S/C25H35N5O3/c1-16(17-8-10-18(11-9-17)21-12-13-27-29(21)3)28-24(32)22-14-20(31)15-30(22)25(33)23(26-2)19-6-4-5-7-19/h8-13,16,19-20,22-23,26,31H,4-7,14-15H2,1-3H3,(H,28,32)/t16-,20+,22-,23?/m0/s1. The van der Waals surface area contributed by atoms with Gasteiger partial charge in [-0.3, -0.25) is 14.3 Å². The van der Waals surface area contributed by atoms with E-state index in [0.29, 0.717) is 5.92 Å². The van der Waals surface area contributed by atoms with Crippen LogP contribution >= 0.6 is 0 Å². The first kappa shape index (κ1) is 23.4. The first-order valence-electron chi connectivity index (χ1n) is 11.9. The third-order valence-corrected chi connectivity index (χ3v) is 7.20. The van der Waals surface area contributed by atoms with Crippen molar-refractivity contribution in [1.29, 1.82) is 0 Å². The number of likely N-dealkylation sites (N-methyl/N-ethyl adjacent to an activating group) is 1. The van der Waals surface area contributed by atoms with Gasteiger partial charge < -0.3 is 20.6 Å². The average molecular weight is 454 g/mol. The number of nitrogens with one attached hydrogen (secondary N) is 2. The fourth-order valence-corrected chi connectivity index (χ4v) is 5.33. The van der Waals surface area contributed by atoms with Crippen LogP contribution < -0.4 is 10.6 Å². The van der Waals surface area contributed by atoms with Gasteiger partial charge in [0.05, 0.1) is 23.9 Å². The van der Waals surface area contributed by atoms with Crippen molar-refractivity contribution in [2.24, 2.45) is 13.0 Å². The second-order valence-electron chi connectivity index (χ2n) is 9.40. The van der Waals surface area contributed by atoms with E-state index in [4.69, 9.17) is 0 Å². The van der Waals surface area contributed by atoms with Gasteiger partial charge >= 0.3 is 0 Å². The SMILES string of the molecule is CNC(C(=O)N1C[C@H](O)C[C@H]1C(=O)N[C@@H](C)c1ccc(-c2ccnn2C)cc1)C1CCCC1. The van der Waals surface area contributed by atoms with Gasteiger partial charge in [0.2, 0.25) is 11.8 Å². The molecule has 2 heterocycles. The van der Waals surface area contributed by atoms with E-state index in [1.165, 1.54) is 0 Å². The highest BCUT2D eigenvalue weighted by molar-refractivity contribution is 5.91. The van der Waals surface area contributed by atoms with Crippen molar-refractivity contribution in [3.05, 3.63) is 42.1 Å². The molecule has 1 aliphatic carbocycles. The van der Waals surface area contributed by atoms with E-state index < -0.39 is 12.1 Å². The Morgan fingerprint density at radius 3 is 2.45 bits per heavy atom. The number of rotatable bonds is 7. The maximum atomic E-state index is 13.3. The molecule has 2 aliphatic rings. The molecule has 2 fully saturated rings. The predicted octanol–water partition coefficient (Wildman–Crippen LogP) is 2.00. The van der Waals surface area contributed by atoms with Gasteiger partial charge in [0.25, 0.3) is 0 Å². The lowest BCUT2D eigenvalue weighted by molar-refractivity contribution is -0.141. The molecular weight excluding hydrogens is 418 g/mol. The maximum Gasteiger partial charge on any atom is 0.243 e. The Morgan fingerprint density at radius 1 is 1.15 bits per heavy atom. The van der Waals surface area contributed by atoms with Crippen LogP contribution in [0.1, 0.15) is 50.6 Å². The molecule has 1 aliphatic heterocycles. The van der Waals surface area contributed by atoms with Gasteiger partial charge in [0.1, 0.15) is 6.04 Å². The summed E-state index contributed by atoms with van der Waals surface area (Å²) in [5, 5.41) is 20.7. The zero-order valence-corrected chi connectivity index (χ0v) is 19.7. The van der Waals surface area contributed by atoms with Crippen LogP contribution in [-0.4, -0.2) is 63.4 Å². The summed E-state index contributed by atoms with van der Waals surface area (Å²) in [6.45, 7) is 2.14. The quantitative estimate of drug-likeness (QED) is 0.596. The molecule has 0 spiro atoms. The number of amides is 2. The van der Waals surface area contributed by atoms with E-state index in [2.05, 4.69) is 15.7 Å². The number of aromatic nitrogens is 2.